The van der Waals surface area contributed by atoms with Crippen LogP contribution < -0.4 is 10.6 Å². The van der Waals surface area contributed by atoms with Gasteiger partial charge < -0.3 is 10.6 Å². The average molecular weight is 205 g/mol. The molecule has 0 aliphatic carbocycles. The summed E-state index contributed by atoms with van der Waals surface area (Å²) in [4.78, 5) is 10.1. The van der Waals surface area contributed by atoms with Crippen molar-refractivity contribution in [2.45, 2.75) is 20.3 Å². The molecule has 1 heterocycles. The van der Waals surface area contributed by atoms with Crippen molar-refractivity contribution in [2.75, 3.05) is 23.7 Å². The number of nitrogen functional groups attached to an aromatic ring is 1. The van der Waals surface area contributed by atoms with Crippen molar-refractivity contribution < 1.29 is 0 Å². The third kappa shape index (κ3) is 2.81. The molecule has 0 saturated heterocycles. The molecule has 5 nitrogen and oxygen atoms in total. The molecule has 0 unspecified atom stereocenters. The zero-order chi connectivity index (χ0) is 11.3. The Morgan fingerprint density at radius 2 is 2.33 bits per heavy atom. The monoisotopic (exact) mass is 205 g/mol. The van der Waals surface area contributed by atoms with Gasteiger partial charge >= 0.3 is 0 Å². The molecule has 0 bridgehead atoms. The SMILES string of the molecule is CCN(CCC#N)c1nc(N)ncc1C. The van der Waals surface area contributed by atoms with E-state index in [1.54, 1.807) is 6.20 Å². The molecular formula is C10H15N5. The van der Waals surface area contributed by atoms with Gasteiger partial charge in [-0.2, -0.15) is 10.2 Å². The van der Waals surface area contributed by atoms with Crippen molar-refractivity contribution in [3.8, 4) is 6.07 Å². The van der Waals surface area contributed by atoms with Gasteiger partial charge in [0.15, 0.2) is 0 Å². The van der Waals surface area contributed by atoms with Crippen LogP contribution in [0.25, 0.3) is 0 Å². The smallest absolute Gasteiger partial charge is 0.221 e. The van der Waals surface area contributed by atoms with Gasteiger partial charge in [-0.1, -0.05) is 0 Å². The van der Waals surface area contributed by atoms with Crippen molar-refractivity contribution in [2.24, 2.45) is 0 Å². The first-order valence-electron chi connectivity index (χ1n) is 4.90. The Balaban J connectivity index is 2.91. The molecule has 1 aromatic rings. The van der Waals surface area contributed by atoms with E-state index < -0.39 is 0 Å². The first kappa shape index (κ1) is 11.2. The summed E-state index contributed by atoms with van der Waals surface area (Å²) < 4.78 is 0. The van der Waals surface area contributed by atoms with Crippen LogP contribution in [0.2, 0.25) is 0 Å². The molecule has 5 heteroatoms. The lowest BCUT2D eigenvalue weighted by Crippen LogP contribution is -2.26. The van der Waals surface area contributed by atoms with Crippen LogP contribution in [-0.2, 0) is 0 Å². The molecule has 2 N–H and O–H groups in total. The predicted octanol–water partition coefficient (Wildman–Crippen LogP) is 1.11. The molecule has 1 rings (SSSR count). The van der Waals surface area contributed by atoms with Crippen molar-refractivity contribution in [1.29, 1.82) is 5.26 Å². The van der Waals surface area contributed by atoms with E-state index in [1.807, 2.05) is 18.7 Å². The first-order valence-corrected chi connectivity index (χ1v) is 4.90. The number of anilines is 2. The second kappa shape index (κ2) is 5.15. The summed E-state index contributed by atoms with van der Waals surface area (Å²) in [5, 5.41) is 8.55. The number of hydrogen-bond donors (Lipinski definition) is 1. The fraction of sp³-hybridized carbons (Fsp3) is 0.500. The van der Waals surface area contributed by atoms with Crippen LogP contribution in [-0.4, -0.2) is 23.1 Å². The lowest BCUT2D eigenvalue weighted by Gasteiger charge is -2.22. The minimum atomic E-state index is 0.269. The van der Waals surface area contributed by atoms with Crippen molar-refractivity contribution >= 4 is 11.8 Å². The maximum absolute atomic E-state index is 8.55. The maximum Gasteiger partial charge on any atom is 0.221 e. The van der Waals surface area contributed by atoms with Crippen molar-refractivity contribution in [1.82, 2.24) is 9.97 Å². The lowest BCUT2D eigenvalue weighted by atomic mass is 10.3. The molecule has 0 saturated carbocycles. The lowest BCUT2D eigenvalue weighted by molar-refractivity contribution is 0.804. The van der Waals surface area contributed by atoms with Gasteiger partial charge in [-0.25, -0.2) is 4.98 Å². The summed E-state index contributed by atoms with van der Waals surface area (Å²) in [6.45, 7) is 5.43. The molecule has 0 fully saturated rings. The van der Waals surface area contributed by atoms with Gasteiger partial charge in [0.1, 0.15) is 5.82 Å². The highest BCUT2D eigenvalue weighted by Gasteiger charge is 2.09. The number of nitrogens with zero attached hydrogens (tertiary/aromatic N) is 4. The number of hydrogen-bond acceptors (Lipinski definition) is 5. The van der Waals surface area contributed by atoms with Gasteiger partial charge in [-0.3, -0.25) is 0 Å². The zero-order valence-electron chi connectivity index (χ0n) is 9.06. The third-order valence-corrected chi connectivity index (χ3v) is 2.14. The maximum atomic E-state index is 8.55. The normalized spacial score (nSPS) is 9.67. The van der Waals surface area contributed by atoms with Gasteiger partial charge in [-0.05, 0) is 13.8 Å². The molecule has 0 spiro atoms. The second-order valence-corrected chi connectivity index (χ2v) is 3.22. The molecule has 80 valence electrons. The van der Waals surface area contributed by atoms with E-state index in [1.165, 1.54) is 0 Å². The summed E-state index contributed by atoms with van der Waals surface area (Å²) in [6.07, 6.45) is 2.18. The summed E-state index contributed by atoms with van der Waals surface area (Å²) in [5.74, 6) is 1.09. The number of rotatable bonds is 4. The molecule has 0 amide bonds. The van der Waals surface area contributed by atoms with E-state index in [4.69, 9.17) is 11.0 Å². The zero-order valence-corrected chi connectivity index (χ0v) is 9.06. The summed E-state index contributed by atoms with van der Waals surface area (Å²) in [7, 11) is 0. The highest BCUT2D eigenvalue weighted by Crippen LogP contribution is 2.16. The van der Waals surface area contributed by atoms with Crippen LogP contribution in [0.5, 0.6) is 0 Å². The van der Waals surface area contributed by atoms with E-state index in [0.717, 1.165) is 17.9 Å². The molecule has 0 aliphatic heterocycles. The van der Waals surface area contributed by atoms with Crippen LogP contribution in [0.15, 0.2) is 6.20 Å². The van der Waals surface area contributed by atoms with Gasteiger partial charge in [-0.15, -0.1) is 0 Å². The van der Waals surface area contributed by atoms with Crippen molar-refractivity contribution in [3.05, 3.63) is 11.8 Å². The summed E-state index contributed by atoms with van der Waals surface area (Å²) in [6, 6.07) is 2.12. The van der Waals surface area contributed by atoms with Gasteiger partial charge in [0.05, 0.1) is 12.5 Å². The Morgan fingerprint density at radius 1 is 1.60 bits per heavy atom. The minimum absolute atomic E-state index is 0.269. The fourth-order valence-electron chi connectivity index (χ4n) is 1.37. The largest absolute Gasteiger partial charge is 0.368 e. The van der Waals surface area contributed by atoms with E-state index in [0.29, 0.717) is 13.0 Å². The average Bonchev–Trinajstić information content (AvgIpc) is 2.24. The number of nitriles is 1. The summed E-state index contributed by atoms with van der Waals surface area (Å²) >= 11 is 0. The van der Waals surface area contributed by atoms with Gasteiger partial charge in [0.25, 0.3) is 0 Å². The number of aromatic nitrogens is 2. The Bertz CT molecular complexity index is 369. The highest BCUT2D eigenvalue weighted by molar-refractivity contribution is 5.47. The molecule has 1 aromatic heterocycles. The topological polar surface area (TPSA) is 78.8 Å². The first-order chi connectivity index (χ1) is 7.19. The number of aryl methyl sites for hydroxylation is 1. The van der Waals surface area contributed by atoms with Crippen LogP contribution in [0, 0.1) is 18.3 Å². The predicted molar refractivity (Wildman–Crippen MR) is 59.3 cm³/mol. The van der Waals surface area contributed by atoms with Crippen LogP contribution in [0.3, 0.4) is 0 Å². The minimum Gasteiger partial charge on any atom is -0.368 e. The Labute approximate surface area is 89.6 Å². The van der Waals surface area contributed by atoms with Gasteiger partial charge in [0.2, 0.25) is 5.95 Å². The second-order valence-electron chi connectivity index (χ2n) is 3.22. The summed E-state index contributed by atoms with van der Waals surface area (Å²) in [5.41, 5.74) is 6.51. The van der Waals surface area contributed by atoms with E-state index >= 15 is 0 Å². The molecule has 0 aromatic carbocycles. The van der Waals surface area contributed by atoms with Crippen LogP contribution in [0.1, 0.15) is 18.9 Å². The van der Waals surface area contributed by atoms with E-state index in [2.05, 4.69) is 16.0 Å². The van der Waals surface area contributed by atoms with E-state index in [-0.39, 0.29) is 5.95 Å². The standard InChI is InChI=1S/C10H15N5/c1-3-15(6-4-5-11)9-8(2)7-13-10(12)14-9/h7H,3-4,6H2,1-2H3,(H2,12,13,14). The molecule has 15 heavy (non-hydrogen) atoms. The molecule has 0 aliphatic rings. The Kier molecular flexibility index (Phi) is 3.86. The number of nitrogens with two attached hydrogens (primary N) is 1. The quantitative estimate of drug-likeness (QED) is 0.796. The van der Waals surface area contributed by atoms with Crippen molar-refractivity contribution in [3.63, 3.8) is 0 Å². The van der Waals surface area contributed by atoms with Crippen LogP contribution in [0.4, 0.5) is 11.8 Å². The third-order valence-electron chi connectivity index (χ3n) is 2.14. The van der Waals surface area contributed by atoms with Crippen LogP contribution >= 0.6 is 0 Å². The fourth-order valence-corrected chi connectivity index (χ4v) is 1.37. The molecule has 0 radical (unpaired) electrons. The Hall–Kier alpha value is -1.83. The molecular weight excluding hydrogens is 190 g/mol. The highest BCUT2D eigenvalue weighted by atomic mass is 15.2. The molecule has 0 atom stereocenters. The van der Waals surface area contributed by atoms with Gasteiger partial charge in [0, 0.05) is 24.8 Å². The Morgan fingerprint density at radius 3 is 2.93 bits per heavy atom. The van der Waals surface area contributed by atoms with E-state index in [9.17, 15) is 0 Å².